The summed E-state index contributed by atoms with van der Waals surface area (Å²) in [4.78, 5) is 24.4. The Labute approximate surface area is 101 Å². The van der Waals surface area contributed by atoms with Gasteiger partial charge in [0.1, 0.15) is 5.84 Å². The van der Waals surface area contributed by atoms with Gasteiger partial charge >= 0.3 is 5.97 Å². The van der Waals surface area contributed by atoms with E-state index in [0.29, 0.717) is 0 Å². The van der Waals surface area contributed by atoms with Gasteiger partial charge in [-0.05, 0) is 6.07 Å². The van der Waals surface area contributed by atoms with E-state index in [4.69, 9.17) is 22.4 Å². The molecular weight excluding hydrogens is 250 g/mol. The summed E-state index contributed by atoms with van der Waals surface area (Å²) in [6.07, 6.45) is 0. The fourth-order valence-electron chi connectivity index (χ4n) is 1.08. The molecule has 1 aromatic carbocycles. The third-order valence-corrected chi connectivity index (χ3v) is 2.04. The van der Waals surface area contributed by atoms with E-state index in [1.807, 2.05) is 0 Å². The number of nitrogens with zero attached hydrogens (tertiary/aromatic N) is 2. The number of amidine groups is 1. The first kappa shape index (κ1) is 12.9. The summed E-state index contributed by atoms with van der Waals surface area (Å²) in [7, 11) is 0. The van der Waals surface area contributed by atoms with Crippen LogP contribution in [0.4, 0.5) is 11.4 Å². The van der Waals surface area contributed by atoms with E-state index in [-0.39, 0.29) is 28.7 Å². The van der Waals surface area contributed by atoms with Crippen molar-refractivity contribution in [3.8, 4) is 0 Å². The molecule has 0 heterocycles. The molecule has 0 saturated heterocycles. The lowest BCUT2D eigenvalue weighted by Crippen LogP contribution is -2.12. The molecule has 0 aliphatic heterocycles. The van der Waals surface area contributed by atoms with E-state index in [2.05, 4.69) is 4.99 Å². The number of aromatic carboxylic acids is 1. The molecule has 0 aliphatic rings. The maximum Gasteiger partial charge on any atom is 0.336 e. The SMILES string of the molecule is NC(CCl)=Nc1cc(C(=O)O)cc([N+](=O)[O-])c1. The maximum atomic E-state index is 10.8. The first-order chi connectivity index (χ1) is 7.93. The van der Waals surface area contributed by atoms with Crippen LogP contribution in [0, 0.1) is 10.1 Å². The lowest BCUT2D eigenvalue weighted by molar-refractivity contribution is -0.384. The van der Waals surface area contributed by atoms with Gasteiger partial charge in [-0.15, -0.1) is 11.6 Å². The van der Waals surface area contributed by atoms with Crippen molar-refractivity contribution >= 4 is 34.8 Å². The van der Waals surface area contributed by atoms with E-state index >= 15 is 0 Å². The molecule has 0 aliphatic carbocycles. The third kappa shape index (κ3) is 3.42. The van der Waals surface area contributed by atoms with Crippen LogP contribution in [0.25, 0.3) is 0 Å². The molecule has 8 heteroatoms. The monoisotopic (exact) mass is 257 g/mol. The topological polar surface area (TPSA) is 119 Å². The van der Waals surface area contributed by atoms with Crippen LogP contribution in [0.3, 0.4) is 0 Å². The van der Waals surface area contributed by atoms with Gasteiger partial charge in [0.25, 0.3) is 5.69 Å². The molecule has 17 heavy (non-hydrogen) atoms. The molecule has 1 rings (SSSR count). The van der Waals surface area contributed by atoms with Crippen LogP contribution in [0.15, 0.2) is 23.2 Å². The molecule has 0 radical (unpaired) electrons. The first-order valence-corrected chi connectivity index (χ1v) is 4.89. The number of benzene rings is 1. The third-order valence-electron chi connectivity index (χ3n) is 1.77. The Bertz CT molecular complexity index is 469. The number of carbonyl (C=O) groups is 1. The van der Waals surface area contributed by atoms with Crippen LogP contribution in [0.1, 0.15) is 10.4 Å². The number of rotatable bonds is 4. The lowest BCUT2D eigenvalue weighted by atomic mass is 10.2. The van der Waals surface area contributed by atoms with Crippen LogP contribution in [-0.4, -0.2) is 27.7 Å². The molecule has 0 fully saturated rings. The second-order valence-electron chi connectivity index (χ2n) is 3.04. The Morgan fingerprint density at radius 3 is 2.65 bits per heavy atom. The van der Waals surface area contributed by atoms with Gasteiger partial charge in [-0.3, -0.25) is 10.1 Å². The summed E-state index contributed by atoms with van der Waals surface area (Å²) < 4.78 is 0. The normalized spacial score (nSPS) is 11.2. The average molecular weight is 258 g/mol. The van der Waals surface area contributed by atoms with Gasteiger partial charge in [-0.25, -0.2) is 9.79 Å². The smallest absolute Gasteiger partial charge is 0.336 e. The molecule has 7 nitrogen and oxygen atoms in total. The Morgan fingerprint density at radius 1 is 1.53 bits per heavy atom. The van der Waals surface area contributed by atoms with Crippen molar-refractivity contribution < 1.29 is 14.8 Å². The van der Waals surface area contributed by atoms with Gasteiger partial charge in [-0.2, -0.15) is 0 Å². The van der Waals surface area contributed by atoms with E-state index in [1.165, 1.54) is 6.07 Å². The summed E-state index contributed by atoms with van der Waals surface area (Å²) in [6, 6.07) is 3.23. The summed E-state index contributed by atoms with van der Waals surface area (Å²) in [5, 5.41) is 19.4. The van der Waals surface area contributed by atoms with Gasteiger partial charge in [0, 0.05) is 12.1 Å². The van der Waals surface area contributed by atoms with Gasteiger partial charge in [0.15, 0.2) is 0 Å². The molecule has 0 spiro atoms. The zero-order chi connectivity index (χ0) is 13.0. The largest absolute Gasteiger partial charge is 0.478 e. The predicted molar refractivity (Wildman–Crippen MR) is 62.1 cm³/mol. The van der Waals surface area contributed by atoms with Crippen molar-refractivity contribution in [2.45, 2.75) is 0 Å². The second-order valence-corrected chi connectivity index (χ2v) is 3.30. The highest BCUT2D eigenvalue weighted by atomic mass is 35.5. The Kier molecular flexibility index (Phi) is 4.00. The molecule has 0 bridgehead atoms. The van der Waals surface area contributed by atoms with E-state index in [1.54, 1.807) is 0 Å². The Morgan fingerprint density at radius 2 is 2.18 bits per heavy atom. The number of carboxylic acids is 1. The van der Waals surface area contributed by atoms with E-state index < -0.39 is 10.9 Å². The second kappa shape index (κ2) is 5.26. The number of alkyl halides is 1. The van der Waals surface area contributed by atoms with Crippen LogP contribution < -0.4 is 5.73 Å². The van der Waals surface area contributed by atoms with Crippen molar-refractivity contribution in [3.05, 3.63) is 33.9 Å². The Balaban J connectivity index is 3.31. The molecule has 0 saturated carbocycles. The highest BCUT2D eigenvalue weighted by Crippen LogP contribution is 2.23. The molecule has 3 N–H and O–H groups in total. The number of aliphatic imine (C=N–C) groups is 1. The molecule has 0 unspecified atom stereocenters. The summed E-state index contributed by atoms with van der Waals surface area (Å²) in [5.41, 5.74) is 4.83. The van der Waals surface area contributed by atoms with Gasteiger partial charge in [0.2, 0.25) is 0 Å². The lowest BCUT2D eigenvalue weighted by Gasteiger charge is -2.00. The number of hydrogen-bond donors (Lipinski definition) is 2. The quantitative estimate of drug-likeness (QED) is 0.279. The summed E-state index contributed by atoms with van der Waals surface area (Å²) in [6.45, 7) is 0. The molecule has 90 valence electrons. The molecular formula is C9H8ClN3O4. The van der Waals surface area contributed by atoms with Crippen molar-refractivity contribution in [3.63, 3.8) is 0 Å². The maximum absolute atomic E-state index is 10.8. The summed E-state index contributed by atoms with van der Waals surface area (Å²) >= 11 is 5.40. The van der Waals surface area contributed by atoms with E-state index in [0.717, 1.165) is 12.1 Å². The number of carboxylic acid groups (broad SMARTS) is 1. The standard InChI is InChI=1S/C9H8ClN3O4/c10-4-8(11)12-6-1-5(9(14)15)2-7(3-6)13(16)17/h1-3H,4H2,(H2,11,12)(H,14,15). The highest BCUT2D eigenvalue weighted by molar-refractivity contribution is 6.28. The minimum Gasteiger partial charge on any atom is -0.478 e. The average Bonchev–Trinajstić information content (AvgIpc) is 2.28. The fraction of sp³-hybridized carbons (Fsp3) is 0.111. The van der Waals surface area contributed by atoms with Gasteiger partial charge in [0.05, 0.1) is 22.1 Å². The number of hydrogen-bond acceptors (Lipinski definition) is 4. The highest BCUT2D eigenvalue weighted by Gasteiger charge is 2.13. The van der Waals surface area contributed by atoms with Crippen LogP contribution >= 0.6 is 11.6 Å². The molecule has 0 amide bonds. The number of non-ortho nitro benzene ring substituents is 1. The first-order valence-electron chi connectivity index (χ1n) is 4.36. The fourth-order valence-corrected chi connectivity index (χ4v) is 1.14. The molecule has 1 aromatic rings. The number of nitrogens with two attached hydrogens (primary N) is 1. The van der Waals surface area contributed by atoms with Crippen molar-refractivity contribution in [1.29, 1.82) is 0 Å². The zero-order valence-electron chi connectivity index (χ0n) is 8.46. The van der Waals surface area contributed by atoms with Crippen molar-refractivity contribution in [2.24, 2.45) is 10.7 Å². The molecule has 0 atom stereocenters. The zero-order valence-corrected chi connectivity index (χ0v) is 9.22. The van der Waals surface area contributed by atoms with Gasteiger partial charge in [-0.1, -0.05) is 0 Å². The predicted octanol–water partition coefficient (Wildman–Crippen LogP) is 1.52. The number of halogens is 1. The van der Waals surface area contributed by atoms with Crippen molar-refractivity contribution in [2.75, 3.05) is 5.88 Å². The summed E-state index contributed by atoms with van der Waals surface area (Å²) in [5.74, 6) is -1.29. The van der Waals surface area contributed by atoms with Crippen molar-refractivity contribution in [1.82, 2.24) is 0 Å². The van der Waals surface area contributed by atoms with Crippen LogP contribution in [0.5, 0.6) is 0 Å². The van der Waals surface area contributed by atoms with Crippen LogP contribution in [0.2, 0.25) is 0 Å². The number of nitro groups is 1. The minimum absolute atomic E-state index is 0.0449. The van der Waals surface area contributed by atoms with Crippen LogP contribution in [-0.2, 0) is 0 Å². The number of nitro benzene ring substituents is 1. The minimum atomic E-state index is -1.28. The Hall–Kier alpha value is -2.15. The van der Waals surface area contributed by atoms with E-state index in [9.17, 15) is 14.9 Å². The van der Waals surface area contributed by atoms with Gasteiger partial charge < -0.3 is 10.8 Å². The molecule has 0 aromatic heterocycles.